The molecule has 0 aliphatic carbocycles. The van der Waals surface area contributed by atoms with E-state index in [1.165, 1.54) is 13.3 Å². The van der Waals surface area contributed by atoms with Gasteiger partial charge in [0.25, 0.3) is 5.56 Å². The zero-order valence-electron chi connectivity index (χ0n) is 9.81. The van der Waals surface area contributed by atoms with Crippen molar-refractivity contribution in [3.8, 4) is 0 Å². The molecule has 0 aromatic carbocycles. The van der Waals surface area contributed by atoms with E-state index in [-0.39, 0.29) is 5.56 Å². The molecule has 1 N–H and O–H groups in total. The molecule has 3 aromatic heterocycles. The molecule has 6 heteroatoms. The number of esters is 1. The van der Waals surface area contributed by atoms with E-state index >= 15 is 0 Å². The maximum Gasteiger partial charge on any atom is 0.354 e. The topological polar surface area (TPSA) is 77.2 Å². The van der Waals surface area contributed by atoms with Crippen molar-refractivity contribution in [1.29, 1.82) is 0 Å². The summed E-state index contributed by atoms with van der Waals surface area (Å²) in [6.45, 7) is 0. The molecule has 0 atom stereocenters. The first-order valence-corrected chi connectivity index (χ1v) is 5.31. The van der Waals surface area contributed by atoms with Gasteiger partial charge in [0.1, 0.15) is 22.2 Å². The smallest absolute Gasteiger partial charge is 0.354 e. The second kappa shape index (κ2) is 3.49. The maximum absolute atomic E-state index is 11.8. The Morgan fingerprint density at radius 2 is 2.22 bits per heavy atom. The van der Waals surface area contributed by atoms with Crippen molar-refractivity contribution in [2.24, 2.45) is 7.05 Å². The Bertz CT molecular complexity index is 822. The van der Waals surface area contributed by atoms with Gasteiger partial charge >= 0.3 is 5.97 Å². The van der Waals surface area contributed by atoms with E-state index in [1.807, 2.05) is 0 Å². The van der Waals surface area contributed by atoms with Crippen LogP contribution in [0.3, 0.4) is 0 Å². The molecule has 3 aromatic rings. The van der Waals surface area contributed by atoms with Crippen LogP contribution in [-0.2, 0) is 11.8 Å². The van der Waals surface area contributed by atoms with E-state index in [0.29, 0.717) is 27.8 Å². The summed E-state index contributed by atoms with van der Waals surface area (Å²) in [6.07, 6.45) is 1.52. The average Bonchev–Trinajstić information content (AvgIpc) is 2.86. The second-order valence-electron chi connectivity index (χ2n) is 3.94. The number of aryl methyl sites for hydroxylation is 1. The summed E-state index contributed by atoms with van der Waals surface area (Å²) >= 11 is 0. The number of carbonyl (C=O) groups excluding carboxylic acids is 1. The second-order valence-corrected chi connectivity index (χ2v) is 3.94. The normalized spacial score (nSPS) is 11.2. The first-order chi connectivity index (χ1) is 8.63. The lowest BCUT2D eigenvalue weighted by Gasteiger charge is -2.00. The Kier molecular flexibility index (Phi) is 2.07. The molecule has 18 heavy (non-hydrogen) atoms. The minimum Gasteiger partial charge on any atom is -0.464 e. The molecule has 0 unspecified atom stereocenters. The van der Waals surface area contributed by atoms with Crippen molar-refractivity contribution in [2.75, 3.05) is 7.11 Å². The Morgan fingerprint density at radius 1 is 1.44 bits per heavy atom. The Labute approximate surface area is 101 Å². The van der Waals surface area contributed by atoms with Crippen molar-refractivity contribution in [3.63, 3.8) is 0 Å². The van der Waals surface area contributed by atoms with E-state index in [9.17, 15) is 9.59 Å². The number of H-pyrrole nitrogens is 1. The number of aromatic nitrogens is 2. The molecule has 0 spiro atoms. The molecule has 92 valence electrons. The number of rotatable bonds is 1. The van der Waals surface area contributed by atoms with E-state index < -0.39 is 5.97 Å². The van der Waals surface area contributed by atoms with Crippen molar-refractivity contribution in [2.45, 2.75) is 0 Å². The van der Waals surface area contributed by atoms with Gasteiger partial charge < -0.3 is 18.7 Å². The van der Waals surface area contributed by atoms with Crippen LogP contribution in [0.15, 0.2) is 27.5 Å². The number of furan rings is 1. The fourth-order valence-electron chi connectivity index (χ4n) is 2.13. The van der Waals surface area contributed by atoms with Crippen LogP contribution in [0.1, 0.15) is 10.5 Å². The number of nitrogens with zero attached hydrogens (tertiary/aromatic N) is 1. The molecule has 0 aliphatic rings. The Balaban J connectivity index is 2.47. The highest BCUT2D eigenvalue weighted by Gasteiger charge is 2.20. The van der Waals surface area contributed by atoms with E-state index in [0.717, 1.165) is 0 Å². The maximum atomic E-state index is 11.8. The van der Waals surface area contributed by atoms with Gasteiger partial charge in [-0.2, -0.15) is 0 Å². The number of nitrogens with one attached hydrogen (secondary N) is 1. The molecular formula is C12H10N2O4. The quantitative estimate of drug-likeness (QED) is 0.658. The molecule has 0 radical (unpaired) electrons. The van der Waals surface area contributed by atoms with Gasteiger partial charge in [-0.25, -0.2) is 4.79 Å². The molecule has 3 rings (SSSR count). The lowest BCUT2D eigenvalue weighted by Crippen LogP contribution is -2.09. The summed E-state index contributed by atoms with van der Waals surface area (Å²) in [4.78, 5) is 25.9. The molecule has 0 fully saturated rings. The zero-order chi connectivity index (χ0) is 12.9. The van der Waals surface area contributed by atoms with E-state index in [1.54, 1.807) is 23.7 Å². The van der Waals surface area contributed by atoms with Crippen LogP contribution in [0.2, 0.25) is 0 Å². The molecule has 6 nitrogen and oxygen atoms in total. The summed E-state index contributed by atoms with van der Waals surface area (Å²) in [5, 5.41) is 0.435. The van der Waals surface area contributed by atoms with Crippen LogP contribution in [0.5, 0.6) is 0 Å². The van der Waals surface area contributed by atoms with Gasteiger partial charge in [0.15, 0.2) is 5.58 Å². The molecule has 0 saturated heterocycles. The van der Waals surface area contributed by atoms with Crippen molar-refractivity contribution < 1.29 is 13.9 Å². The lowest BCUT2D eigenvalue weighted by atomic mass is 10.3. The number of hydrogen-bond donors (Lipinski definition) is 1. The predicted molar refractivity (Wildman–Crippen MR) is 64.7 cm³/mol. The monoisotopic (exact) mass is 246 g/mol. The van der Waals surface area contributed by atoms with Crippen LogP contribution in [0.25, 0.3) is 22.1 Å². The first-order valence-electron chi connectivity index (χ1n) is 5.31. The molecule has 3 heterocycles. The first kappa shape index (κ1) is 10.6. The summed E-state index contributed by atoms with van der Waals surface area (Å²) in [5.41, 5.74) is 1.67. The largest absolute Gasteiger partial charge is 0.464 e. The number of methoxy groups -OCH3 is 1. The van der Waals surface area contributed by atoms with Crippen LogP contribution in [0, 0.1) is 0 Å². The van der Waals surface area contributed by atoms with Crippen molar-refractivity contribution >= 4 is 28.0 Å². The third-order valence-corrected chi connectivity index (χ3v) is 2.97. The summed E-state index contributed by atoms with van der Waals surface area (Å²) < 4.78 is 11.8. The molecular weight excluding hydrogens is 236 g/mol. The van der Waals surface area contributed by atoms with Crippen molar-refractivity contribution in [1.82, 2.24) is 9.55 Å². The highest BCUT2D eigenvalue weighted by atomic mass is 16.5. The highest BCUT2D eigenvalue weighted by molar-refractivity contribution is 6.06. The molecule has 0 bridgehead atoms. The van der Waals surface area contributed by atoms with Crippen LogP contribution >= 0.6 is 0 Å². The van der Waals surface area contributed by atoms with Crippen LogP contribution in [0.4, 0.5) is 0 Å². The average molecular weight is 246 g/mol. The minimum absolute atomic E-state index is 0.246. The number of fused-ring (bicyclic) bond motifs is 3. The van der Waals surface area contributed by atoms with Gasteiger partial charge in [0, 0.05) is 19.3 Å². The molecule has 0 saturated carbocycles. The summed E-state index contributed by atoms with van der Waals surface area (Å²) in [6, 6.07) is 3.25. The Hall–Kier alpha value is -2.50. The summed E-state index contributed by atoms with van der Waals surface area (Å²) in [5.74, 6) is -0.468. The van der Waals surface area contributed by atoms with E-state index in [4.69, 9.17) is 4.42 Å². The number of aromatic amines is 1. The summed E-state index contributed by atoms with van der Waals surface area (Å²) in [7, 11) is 3.00. The predicted octanol–water partition coefficient (Wildman–Crippen LogP) is 1.40. The zero-order valence-corrected chi connectivity index (χ0v) is 9.81. The van der Waals surface area contributed by atoms with E-state index in [2.05, 4.69) is 9.72 Å². The van der Waals surface area contributed by atoms with Crippen LogP contribution < -0.4 is 5.56 Å². The Morgan fingerprint density at radius 3 is 2.94 bits per heavy atom. The van der Waals surface area contributed by atoms with Crippen LogP contribution in [-0.4, -0.2) is 22.6 Å². The highest BCUT2D eigenvalue weighted by Crippen LogP contribution is 2.28. The number of ether oxygens (including phenoxy) is 1. The lowest BCUT2D eigenvalue weighted by molar-refractivity contribution is 0.0590. The standard InChI is InChI=1S/C12H10N2O4/c1-14-6(12(16)17-2)5-8-10(14)9-7(18-8)3-4-13-11(9)15/h3-5H,1-2H3,(H,13,15). The van der Waals surface area contributed by atoms with Gasteiger partial charge in [-0.1, -0.05) is 0 Å². The van der Waals surface area contributed by atoms with Gasteiger partial charge in [0.2, 0.25) is 0 Å². The SMILES string of the molecule is COC(=O)c1cc2oc3cc[nH]c(=O)c3c2n1C. The molecule has 0 aliphatic heterocycles. The number of hydrogen-bond acceptors (Lipinski definition) is 4. The van der Waals surface area contributed by atoms with Gasteiger partial charge in [-0.05, 0) is 6.07 Å². The molecule has 0 amide bonds. The minimum atomic E-state index is -0.468. The van der Waals surface area contributed by atoms with Crippen molar-refractivity contribution in [3.05, 3.63) is 34.4 Å². The number of pyridine rings is 1. The third-order valence-electron chi connectivity index (χ3n) is 2.97. The van der Waals surface area contributed by atoms with Gasteiger partial charge in [0.05, 0.1) is 7.11 Å². The fraction of sp³-hybridized carbons (Fsp3) is 0.167. The third kappa shape index (κ3) is 1.22. The van der Waals surface area contributed by atoms with Gasteiger partial charge in [-0.3, -0.25) is 4.79 Å². The van der Waals surface area contributed by atoms with Gasteiger partial charge in [-0.15, -0.1) is 0 Å². The fourth-order valence-corrected chi connectivity index (χ4v) is 2.13. The number of carbonyl (C=O) groups is 1.